The van der Waals surface area contributed by atoms with Gasteiger partial charge in [-0.05, 0) is 29.8 Å². The molecule has 0 saturated carbocycles. The van der Waals surface area contributed by atoms with Crippen LogP contribution in [0.3, 0.4) is 0 Å². The SMILES string of the molecule is CN(C)S(=O)(=O)c1ccc(-c2ccc(S(=O)(=O)Cl)s2)cc1. The highest BCUT2D eigenvalue weighted by molar-refractivity contribution is 8.15. The molecule has 0 unspecified atom stereocenters. The van der Waals surface area contributed by atoms with Crippen LogP contribution in [0.1, 0.15) is 0 Å². The number of nitrogens with zero attached hydrogens (tertiary/aromatic N) is 1. The van der Waals surface area contributed by atoms with E-state index in [1.165, 1.54) is 32.3 Å². The molecule has 0 fully saturated rings. The molecule has 1 aromatic carbocycles. The summed E-state index contributed by atoms with van der Waals surface area (Å²) in [5, 5.41) is 0. The minimum atomic E-state index is -3.74. The number of hydrogen-bond acceptors (Lipinski definition) is 5. The van der Waals surface area contributed by atoms with Crippen molar-refractivity contribution < 1.29 is 16.8 Å². The van der Waals surface area contributed by atoms with Gasteiger partial charge < -0.3 is 0 Å². The van der Waals surface area contributed by atoms with E-state index >= 15 is 0 Å². The standard InChI is InChI=1S/C12H12ClNO4S3/c1-14(2)21(17,18)10-5-3-9(4-6-10)11-7-8-12(19-11)20(13,15)16/h3-8H,1-2H3. The van der Waals surface area contributed by atoms with Crippen LogP contribution in [0.15, 0.2) is 45.5 Å². The van der Waals surface area contributed by atoms with Gasteiger partial charge in [-0.1, -0.05) is 12.1 Å². The third-order valence-corrected chi connectivity index (χ3v) is 7.80. The zero-order valence-corrected chi connectivity index (χ0v) is 14.4. The first-order valence-corrected chi connectivity index (χ1v) is 10.3. The molecule has 0 atom stereocenters. The molecule has 114 valence electrons. The van der Waals surface area contributed by atoms with Crippen LogP contribution in [-0.4, -0.2) is 35.2 Å². The van der Waals surface area contributed by atoms with Gasteiger partial charge in [0.1, 0.15) is 4.21 Å². The van der Waals surface area contributed by atoms with Crippen molar-refractivity contribution in [1.82, 2.24) is 4.31 Å². The number of thiophene rings is 1. The molecule has 0 radical (unpaired) electrons. The van der Waals surface area contributed by atoms with E-state index in [1.54, 1.807) is 18.2 Å². The lowest BCUT2D eigenvalue weighted by Gasteiger charge is -2.11. The molecule has 2 rings (SSSR count). The first kappa shape index (κ1) is 16.4. The van der Waals surface area contributed by atoms with Gasteiger partial charge in [0, 0.05) is 29.7 Å². The largest absolute Gasteiger partial charge is 0.270 e. The summed E-state index contributed by atoms with van der Waals surface area (Å²) in [6, 6.07) is 9.29. The lowest BCUT2D eigenvalue weighted by Crippen LogP contribution is -2.22. The Bertz CT molecular complexity index is 852. The van der Waals surface area contributed by atoms with Crippen molar-refractivity contribution in [2.45, 2.75) is 9.10 Å². The number of benzene rings is 1. The number of hydrogen-bond donors (Lipinski definition) is 0. The van der Waals surface area contributed by atoms with Crippen LogP contribution < -0.4 is 0 Å². The first-order valence-electron chi connectivity index (χ1n) is 5.70. The molecule has 21 heavy (non-hydrogen) atoms. The Hall–Kier alpha value is -0.930. The van der Waals surface area contributed by atoms with Crippen LogP contribution in [0.25, 0.3) is 10.4 Å². The van der Waals surface area contributed by atoms with Crippen molar-refractivity contribution in [1.29, 1.82) is 0 Å². The summed E-state index contributed by atoms with van der Waals surface area (Å²) in [5.74, 6) is 0. The van der Waals surface area contributed by atoms with Gasteiger partial charge in [0.05, 0.1) is 4.90 Å². The van der Waals surface area contributed by atoms with Gasteiger partial charge in [0.25, 0.3) is 9.05 Å². The zero-order chi connectivity index (χ0) is 15.8. The van der Waals surface area contributed by atoms with Gasteiger partial charge in [0.2, 0.25) is 10.0 Å². The Morgan fingerprint density at radius 3 is 1.95 bits per heavy atom. The molecular weight excluding hydrogens is 354 g/mol. The normalized spacial score (nSPS) is 12.8. The monoisotopic (exact) mass is 365 g/mol. The second kappa shape index (κ2) is 5.69. The highest BCUT2D eigenvalue weighted by atomic mass is 35.7. The Morgan fingerprint density at radius 2 is 1.52 bits per heavy atom. The van der Waals surface area contributed by atoms with E-state index in [0.717, 1.165) is 21.2 Å². The van der Waals surface area contributed by atoms with Gasteiger partial charge in [-0.25, -0.2) is 21.1 Å². The molecule has 1 heterocycles. The smallest absolute Gasteiger partial charge is 0.207 e. The predicted octanol–water partition coefficient (Wildman–Crippen LogP) is 2.59. The zero-order valence-electron chi connectivity index (χ0n) is 11.1. The molecule has 0 aliphatic carbocycles. The minimum absolute atomic E-state index is 0.0594. The minimum Gasteiger partial charge on any atom is -0.207 e. The summed E-state index contributed by atoms with van der Waals surface area (Å²) >= 11 is 1.03. The molecule has 9 heteroatoms. The summed E-state index contributed by atoms with van der Waals surface area (Å²) in [6.07, 6.45) is 0. The quantitative estimate of drug-likeness (QED) is 0.781. The maximum atomic E-state index is 11.9. The van der Waals surface area contributed by atoms with E-state index in [4.69, 9.17) is 10.7 Å². The van der Waals surface area contributed by atoms with E-state index in [9.17, 15) is 16.8 Å². The van der Waals surface area contributed by atoms with Crippen molar-refractivity contribution >= 4 is 41.1 Å². The van der Waals surface area contributed by atoms with Crippen LogP contribution in [-0.2, 0) is 19.1 Å². The molecule has 0 aliphatic rings. The third kappa shape index (κ3) is 3.46. The highest BCUT2D eigenvalue weighted by Gasteiger charge is 2.18. The van der Waals surface area contributed by atoms with Crippen LogP contribution >= 0.6 is 22.0 Å². The fourth-order valence-electron chi connectivity index (χ4n) is 1.61. The van der Waals surface area contributed by atoms with Crippen LogP contribution in [0.4, 0.5) is 0 Å². The predicted molar refractivity (Wildman–Crippen MR) is 83.7 cm³/mol. The molecule has 0 amide bonds. The lowest BCUT2D eigenvalue weighted by molar-refractivity contribution is 0.521. The molecule has 1 aromatic heterocycles. The van der Waals surface area contributed by atoms with E-state index in [0.29, 0.717) is 4.88 Å². The van der Waals surface area contributed by atoms with Crippen LogP contribution in [0.5, 0.6) is 0 Å². The maximum absolute atomic E-state index is 11.9. The van der Waals surface area contributed by atoms with Gasteiger partial charge in [-0.15, -0.1) is 11.3 Å². The van der Waals surface area contributed by atoms with E-state index in [1.807, 2.05) is 0 Å². The molecule has 5 nitrogen and oxygen atoms in total. The fraction of sp³-hybridized carbons (Fsp3) is 0.167. The Balaban J connectivity index is 2.38. The van der Waals surface area contributed by atoms with Crippen molar-refractivity contribution in [3.63, 3.8) is 0 Å². The fourth-order valence-corrected chi connectivity index (χ4v) is 4.59. The second-order valence-electron chi connectivity index (χ2n) is 4.37. The van der Waals surface area contributed by atoms with Gasteiger partial charge in [-0.3, -0.25) is 0 Å². The van der Waals surface area contributed by atoms with E-state index in [2.05, 4.69) is 0 Å². The van der Waals surface area contributed by atoms with Gasteiger partial charge >= 0.3 is 0 Å². The van der Waals surface area contributed by atoms with Crippen molar-refractivity contribution in [3.8, 4) is 10.4 Å². The molecule has 0 saturated heterocycles. The van der Waals surface area contributed by atoms with Crippen molar-refractivity contribution in [3.05, 3.63) is 36.4 Å². The summed E-state index contributed by atoms with van der Waals surface area (Å²) < 4.78 is 47.5. The first-order chi connectivity index (χ1) is 9.62. The van der Waals surface area contributed by atoms with E-state index in [-0.39, 0.29) is 9.10 Å². The van der Waals surface area contributed by atoms with Crippen molar-refractivity contribution in [2.75, 3.05) is 14.1 Å². The number of rotatable bonds is 4. The molecule has 0 aliphatic heterocycles. The summed E-state index contributed by atoms with van der Waals surface area (Å²) in [7, 11) is 0.975. The van der Waals surface area contributed by atoms with Crippen LogP contribution in [0, 0.1) is 0 Å². The number of sulfonamides is 1. The average molecular weight is 366 g/mol. The molecule has 0 spiro atoms. The average Bonchev–Trinajstić information content (AvgIpc) is 2.88. The molecule has 0 N–H and O–H groups in total. The Kier molecular flexibility index (Phi) is 4.46. The van der Waals surface area contributed by atoms with E-state index < -0.39 is 19.1 Å². The maximum Gasteiger partial charge on any atom is 0.270 e. The van der Waals surface area contributed by atoms with Gasteiger partial charge in [-0.2, -0.15) is 0 Å². The Morgan fingerprint density at radius 1 is 0.952 bits per heavy atom. The Labute approximate surface area is 132 Å². The highest BCUT2D eigenvalue weighted by Crippen LogP contribution is 2.32. The second-order valence-corrected chi connectivity index (χ2v) is 10.4. The van der Waals surface area contributed by atoms with Gasteiger partial charge in [0.15, 0.2) is 0 Å². The molecule has 0 bridgehead atoms. The molecular formula is C12H12ClNO4S3. The topological polar surface area (TPSA) is 71.5 Å². The van der Waals surface area contributed by atoms with Crippen molar-refractivity contribution in [2.24, 2.45) is 0 Å². The summed E-state index contributed by atoms with van der Waals surface area (Å²) in [5.41, 5.74) is 0.726. The lowest BCUT2D eigenvalue weighted by atomic mass is 10.2. The van der Waals surface area contributed by atoms with Crippen LogP contribution in [0.2, 0.25) is 0 Å². The third-order valence-electron chi connectivity index (χ3n) is 2.74. The summed E-state index contributed by atoms with van der Waals surface area (Å²) in [6.45, 7) is 0. The number of halogens is 1. The summed E-state index contributed by atoms with van der Waals surface area (Å²) in [4.78, 5) is 0.876. The molecule has 2 aromatic rings.